The molecule has 3 rings (SSSR count). The Kier molecular flexibility index (Phi) is 5.05. The van der Waals surface area contributed by atoms with Crippen molar-refractivity contribution >= 4 is 34.7 Å². The monoisotopic (exact) mass is 343 g/mol. The molecule has 24 heavy (non-hydrogen) atoms. The van der Waals surface area contributed by atoms with Crippen LogP contribution in [-0.2, 0) is 20.7 Å². The molecule has 1 aliphatic rings. The van der Waals surface area contributed by atoms with Crippen LogP contribution in [0.1, 0.15) is 28.1 Å². The first kappa shape index (κ1) is 16.4. The summed E-state index contributed by atoms with van der Waals surface area (Å²) in [4.78, 5) is 38.1. The van der Waals surface area contributed by atoms with Crippen LogP contribution in [0.2, 0.25) is 0 Å². The molecule has 2 aromatic rings. The van der Waals surface area contributed by atoms with Crippen molar-refractivity contribution in [1.29, 1.82) is 0 Å². The van der Waals surface area contributed by atoms with Crippen LogP contribution >= 0.6 is 11.3 Å². The number of Topliss-reactive ketones (excluding diaryl/α,β-unsaturated/α-hetero) is 1. The summed E-state index contributed by atoms with van der Waals surface area (Å²) in [6.45, 7) is 0.312. The van der Waals surface area contributed by atoms with Gasteiger partial charge in [0.15, 0.2) is 12.4 Å². The molecule has 1 aromatic carbocycles. The number of para-hydroxylation sites is 1. The van der Waals surface area contributed by atoms with Gasteiger partial charge in [-0.3, -0.25) is 14.4 Å². The fourth-order valence-corrected chi connectivity index (χ4v) is 3.36. The summed E-state index contributed by atoms with van der Waals surface area (Å²) >= 11 is 1.35. The second kappa shape index (κ2) is 7.40. The van der Waals surface area contributed by atoms with Crippen LogP contribution in [0, 0.1) is 0 Å². The number of carbonyl (C=O) groups excluding carboxylic acids is 3. The number of rotatable bonds is 6. The number of carbonyl (C=O) groups is 3. The molecular formula is C18H17NO4S. The van der Waals surface area contributed by atoms with Gasteiger partial charge in [-0.2, -0.15) is 0 Å². The van der Waals surface area contributed by atoms with E-state index < -0.39 is 5.97 Å². The Morgan fingerprint density at radius 3 is 2.71 bits per heavy atom. The van der Waals surface area contributed by atoms with E-state index in [9.17, 15) is 14.4 Å². The Morgan fingerprint density at radius 2 is 1.92 bits per heavy atom. The smallest absolute Gasteiger partial charge is 0.306 e. The van der Waals surface area contributed by atoms with E-state index in [0.29, 0.717) is 11.4 Å². The van der Waals surface area contributed by atoms with E-state index in [1.165, 1.54) is 11.3 Å². The van der Waals surface area contributed by atoms with E-state index in [0.717, 1.165) is 17.7 Å². The second-order valence-corrected chi connectivity index (χ2v) is 6.43. The number of hydrogen-bond donors (Lipinski definition) is 0. The van der Waals surface area contributed by atoms with E-state index in [1.807, 2.05) is 29.6 Å². The minimum absolute atomic E-state index is 0.0133. The summed E-state index contributed by atoms with van der Waals surface area (Å²) in [6.07, 6.45) is 0.895. The minimum Gasteiger partial charge on any atom is -0.456 e. The fourth-order valence-electron chi connectivity index (χ4n) is 2.67. The summed E-state index contributed by atoms with van der Waals surface area (Å²) in [5.41, 5.74) is 2.00. The van der Waals surface area contributed by atoms with Crippen LogP contribution in [-0.4, -0.2) is 30.8 Å². The van der Waals surface area contributed by atoms with Crippen LogP contribution in [0.3, 0.4) is 0 Å². The van der Waals surface area contributed by atoms with E-state index >= 15 is 0 Å². The third kappa shape index (κ3) is 3.71. The van der Waals surface area contributed by atoms with Crippen molar-refractivity contribution in [3.63, 3.8) is 0 Å². The summed E-state index contributed by atoms with van der Waals surface area (Å²) < 4.78 is 5.02. The predicted molar refractivity (Wildman–Crippen MR) is 91.3 cm³/mol. The standard InChI is InChI=1S/C18H17NO4S/c20-15(16-6-3-11-24-16)7-8-18(22)23-12-17(21)19-10-9-13-4-1-2-5-14(13)19/h1-6,11H,7-10,12H2. The van der Waals surface area contributed by atoms with Crippen LogP contribution < -0.4 is 4.90 Å². The maximum atomic E-state index is 12.2. The van der Waals surface area contributed by atoms with Gasteiger partial charge in [0, 0.05) is 18.7 Å². The highest BCUT2D eigenvalue weighted by atomic mass is 32.1. The van der Waals surface area contributed by atoms with Gasteiger partial charge in [0.05, 0.1) is 11.3 Å². The lowest BCUT2D eigenvalue weighted by Crippen LogP contribution is -2.33. The molecule has 0 bridgehead atoms. The highest BCUT2D eigenvalue weighted by Crippen LogP contribution is 2.27. The SMILES string of the molecule is O=C(CCC(=O)c1cccs1)OCC(=O)N1CCc2ccccc21. The largest absolute Gasteiger partial charge is 0.456 e. The Morgan fingerprint density at radius 1 is 1.08 bits per heavy atom. The minimum atomic E-state index is -0.527. The van der Waals surface area contributed by atoms with E-state index in [-0.39, 0.29) is 31.1 Å². The topological polar surface area (TPSA) is 63.7 Å². The van der Waals surface area contributed by atoms with Gasteiger partial charge in [0.1, 0.15) is 0 Å². The number of benzene rings is 1. The summed E-state index contributed by atoms with van der Waals surface area (Å²) in [7, 11) is 0. The van der Waals surface area contributed by atoms with Gasteiger partial charge in [0.2, 0.25) is 0 Å². The number of amides is 1. The molecule has 0 saturated heterocycles. The van der Waals surface area contributed by atoms with Crippen molar-refractivity contribution in [2.24, 2.45) is 0 Å². The molecular weight excluding hydrogens is 326 g/mol. The van der Waals surface area contributed by atoms with Gasteiger partial charge in [-0.1, -0.05) is 24.3 Å². The van der Waals surface area contributed by atoms with Gasteiger partial charge in [-0.15, -0.1) is 11.3 Å². The molecule has 0 saturated carbocycles. The number of esters is 1. The van der Waals surface area contributed by atoms with Crippen LogP contribution in [0.4, 0.5) is 5.69 Å². The van der Waals surface area contributed by atoms with Crippen LogP contribution in [0.25, 0.3) is 0 Å². The normalized spacial score (nSPS) is 12.8. The maximum absolute atomic E-state index is 12.2. The van der Waals surface area contributed by atoms with Gasteiger partial charge >= 0.3 is 5.97 Å². The van der Waals surface area contributed by atoms with Crippen molar-refractivity contribution in [2.45, 2.75) is 19.3 Å². The van der Waals surface area contributed by atoms with Crippen LogP contribution in [0.15, 0.2) is 41.8 Å². The molecule has 0 atom stereocenters. The number of nitrogens with zero attached hydrogens (tertiary/aromatic N) is 1. The van der Waals surface area contributed by atoms with Gasteiger partial charge in [0.25, 0.3) is 5.91 Å². The third-order valence-corrected chi connectivity index (χ3v) is 4.81. The number of ketones is 1. The average molecular weight is 343 g/mol. The molecule has 1 aromatic heterocycles. The quantitative estimate of drug-likeness (QED) is 0.598. The number of hydrogen-bond acceptors (Lipinski definition) is 5. The molecule has 0 unspecified atom stereocenters. The number of anilines is 1. The molecule has 2 heterocycles. The van der Waals surface area contributed by atoms with Gasteiger partial charge < -0.3 is 9.64 Å². The Hall–Kier alpha value is -2.47. The van der Waals surface area contributed by atoms with Crippen molar-refractivity contribution in [1.82, 2.24) is 0 Å². The summed E-state index contributed by atoms with van der Waals surface area (Å²) in [5.74, 6) is -0.847. The first-order chi connectivity index (χ1) is 11.6. The van der Waals surface area contributed by atoms with E-state index in [1.54, 1.807) is 17.0 Å². The number of fused-ring (bicyclic) bond motifs is 1. The zero-order valence-electron chi connectivity index (χ0n) is 13.1. The first-order valence-electron chi connectivity index (χ1n) is 7.76. The highest BCUT2D eigenvalue weighted by molar-refractivity contribution is 7.12. The second-order valence-electron chi connectivity index (χ2n) is 5.49. The Labute approximate surface area is 143 Å². The molecule has 5 nitrogen and oxygen atoms in total. The Balaban J connectivity index is 1.45. The maximum Gasteiger partial charge on any atom is 0.306 e. The highest BCUT2D eigenvalue weighted by Gasteiger charge is 2.24. The Bertz CT molecular complexity index is 754. The zero-order chi connectivity index (χ0) is 16.9. The summed E-state index contributed by atoms with van der Waals surface area (Å²) in [5, 5.41) is 1.82. The molecule has 0 N–H and O–H groups in total. The molecule has 1 aliphatic heterocycles. The predicted octanol–water partition coefficient (Wildman–Crippen LogP) is 2.84. The van der Waals surface area contributed by atoms with Gasteiger partial charge in [-0.05, 0) is 29.5 Å². The number of thiophene rings is 1. The molecule has 1 amide bonds. The molecule has 0 aliphatic carbocycles. The fraction of sp³-hybridized carbons (Fsp3) is 0.278. The lowest BCUT2D eigenvalue weighted by molar-refractivity contribution is -0.147. The van der Waals surface area contributed by atoms with Crippen molar-refractivity contribution in [3.05, 3.63) is 52.2 Å². The average Bonchev–Trinajstić information content (AvgIpc) is 3.26. The molecule has 6 heteroatoms. The summed E-state index contributed by atoms with van der Waals surface area (Å²) in [6, 6.07) is 11.2. The van der Waals surface area contributed by atoms with Crippen LogP contribution in [0.5, 0.6) is 0 Å². The van der Waals surface area contributed by atoms with Crippen molar-refractivity contribution in [2.75, 3.05) is 18.1 Å². The van der Waals surface area contributed by atoms with E-state index in [4.69, 9.17) is 4.74 Å². The molecule has 0 radical (unpaired) electrons. The third-order valence-electron chi connectivity index (χ3n) is 3.90. The first-order valence-corrected chi connectivity index (χ1v) is 8.63. The lowest BCUT2D eigenvalue weighted by Gasteiger charge is -2.17. The molecule has 124 valence electrons. The van der Waals surface area contributed by atoms with Crippen molar-refractivity contribution in [3.8, 4) is 0 Å². The molecule has 0 fully saturated rings. The zero-order valence-corrected chi connectivity index (χ0v) is 13.9. The van der Waals surface area contributed by atoms with E-state index in [2.05, 4.69) is 0 Å². The number of ether oxygens (including phenoxy) is 1. The lowest BCUT2D eigenvalue weighted by atomic mass is 10.2. The van der Waals surface area contributed by atoms with Gasteiger partial charge in [-0.25, -0.2) is 0 Å². The van der Waals surface area contributed by atoms with Crippen molar-refractivity contribution < 1.29 is 19.1 Å². The molecule has 0 spiro atoms.